The number of hydrogen-bond donors (Lipinski definition) is 1. The number of hydrogen-bond acceptors (Lipinski definition) is 5. The maximum Gasteiger partial charge on any atom is 0.251 e. The lowest BCUT2D eigenvalue weighted by Gasteiger charge is -2.31. The number of halogens is 1. The molecule has 1 unspecified atom stereocenters. The van der Waals surface area contributed by atoms with Crippen LogP contribution < -0.4 is 11.3 Å². The van der Waals surface area contributed by atoms with Crippen LogP contribution in [0.2, 0.25) is 5.02 Å². The van der Waals surface area contributed by atoms with Crippen molar-refractivity contribution in [3.8, 4) is 11.1 Å². The summed E-state index contributed by atoms with van der Waals surface area (Å²) >= 11 is 6.20. The largest absolute Gasteiger partial charge is 0.399 e. The van der Waals surface area contributed by atoms with Gasteiger partial charge in [-0.25, -0.2) is 4.98 Å². The van der Waals surface area contributed by atoms with E-state index in [2.05, 4.69) is 16.2 Å². The average Bonchev–Trinajstić information content (AvgIpc) is 3.35. The first-order valence-corrected chi connectivity index (χ1v) is 12.0. The Hall–Kier alpha value is -4.20. The van der Waals surface area contributed by atoms with Crippen LogP contribution in [0.3, 0.4) is 0 Å². The van der Waals surface area contributed by atoms with E-state index in [0.717, 1.165) is 44.4 Å². The Bertz CT molecular complexity index is 1690. The minimum Gasteiger partial charge on any atom is -0.399 e. The lowest BCUT2D eigenvalue weighted by molar-refractivity contribution is 0.215. The van der Waals surface area contributed by atoms with Crippen molar-refractivity contribution >= 4 is 28.7 Å². The molecule has 0 amide bonds. The summed E-state index contributed by atoms with van der Waals surface area (Å²) < 4.78 is 3.56. The van der Waals surface area contributed by atoms with E-state index in [1.165, 1.54) is 7.11 Å². The second kappa shape index (κ2) is 9.69. The summed E-state index contributed by atoms with van der Waals surface area (Å²) in [4.78, 5) is 22.1. The first-order chi connectivity index (χ1) is 17.8. The topological polar surface area (TPSA) is 87.4 Å². The predicted octanol–water partition coefficient (Wildman–Crippen LogP) is 4.82. The minimum atomic E-state index is -1.02. The smallest absolute Gasteiger partial charge is 0.251 e. The zero-order valence-electron chi connectivity index (χ0n) is 20.7. The number of aromatic nitrogens is 3. The number of nitrogens with zero attached hydrogens (tertiary/aromatic N) is 4. The molecule has 8 heteroatoms. The lowest BCUT2D eigenvalue weighted by atomic mass is 9.80. The molecular formula is C29H26ClN5O2. The highest BCUT2D eigenvalue weighted by atomic mass is 35.5. The van der Waals surface area contributed by atoms with Crippen molar-refractivity contribution in [2.24, 2.45) is 25.0 Å². The predicted molar refractivity (Wildman–Crippen MR) is 148 cm³/mol. The molecule has 2 N–H and O–H groups in total. The number of pyridine rings is 1. The number of nitrogens with two attached hydrogens (primary N) is 1. The van der Waals surface area contributed by atoms with E-state index in [1.54, 1.807) is 36.4 Å². The Balaban J connectivity index is 1.79. The third-order valence-electron chi connectivity index (χ3n) is 6.73. The number of oxime groups is 1. The SMILES string of the molecule is CON=Cc1cccc(-c2cc(=O)n(C)c3ccc(C(N)(c4ccc(Cl)cc4)c4cncn4C)cc23)c1. The van der Waals surface area contributed by atoms with E-state index in [9.17, 15) is 4.79 Å². The molecule has 1 atom stereocenters. The van der Waals surface area contributed by atoms with Crippen LogP contribution in [0.1, 0.15) is 22.4 Å². The van der Waals surface area contributed by atoms with Gasteiger partial charge in [0, 0.05) is 30.6 Å². The third kappa shape index (κ3) is 4.33. The van der Waals surface area contributed by atoms with Gasteiger partial charge in [0.15, 0.2) is 0 Å². The molecule has 7 nitrogen and oxygen atoms in total. The van der Waals surface area contributed by atoms with E-state index in [4.69, 9.17) is 22.2 Å². The summed E-state index contributed by atoms with van der Waals surface area (Å²) in [6.45, 7) is 0. The van der Waals surface area contributed by atoms with Crippen molar-refractivity contribution in [2.45, 2.75) is 5.54 Å². The molecule has 0 saturated carbocycles. The third-order valence-corrected chi connectivity index (χ3v) is 6.98. The van der Waals surface area contributed by atoms with Crippen LogP contribution >= 0.6 is 11.6 Å². The van der Waals surface area contributed by atoms with Crippen LogP contribution in [0.5, 0.6) is 0 Å². The van der Waals surface area contributed by atoms with Crippen LogP contribution in [0, 0.1) is 0 Å². The minimum absolute atomic E-state index is 0.102. The Morgan fingerprint density at radius 1 is 1.03 bits per heavy atom. The molecule has 0 fully saturated rings. The molecule has 0 aliphatic carbocycles. The van der Waals surface area contributed by atoms with Crippen LogP contribution in [-0.2, 0) is 24.5 Å². The van der Waals surface area contributed by atoms with Gasteiger partial charge in [-0.05, 0) is 58.1 Å². The second-order valence-electron chi connectivity index (χ2n) is 8.93. The summed E-state index contributed by atoms with van der Waals surface area (Å²) in [5.74, 6) is 0. The summed E-state index contributed by atoms with van der Waals surface area (Å²) in [6, 6.07) is 22.9. The molecule has 3 aromatic carbocycles. The van der Waals surface area contributed by atoms with Gasteiger partial charge >= 0.3 is 0 Å². The maximum atomic E-state index is 12.9. The van der Waals surface area contributed by atoms with Crippen molar-refractivity contribution in [1.82, 2.24) is 14.1 Å². The Morgan fingerprint density at radius 2 is 1.78 bits per heavy atom. The van der Waals surface area contributed by atoms with E-state index >= 15 is 0 Å². The van der Waals surface area contributed by atoms with Crippen molar-refractivity contribution in [3.05, 3.63) is 123 Å². The normalized spacial score (nSPS) is 13.2. The van der Waals surface area contributed by atoms with Gasteiger partial charge in [0.1, 0.15) is 12.6 Å². The molecule has 0 spiro atoms. The highest BCUT2D eigenvalue weighted by Gasteiger charge is 2.35. The van der Waals surface area contributed by atoms with Gasteiger partial charge < -0.3 is 19.7 Å². The van der Waals surface area contributed by atoms with Gasteiger partial charge in [-0.2, -0.15) is 0 Å². The summed E-state index contributed by atoms with van der Waals surface area (Å²) in [7, 11) is 5.19. The first-order valence-electron chi connectivity index (χ1n) is 11.7. The van der Waals surface area contributed by atoms with E-state index in [0.29, 0.717) is 5.02 Å². The highest BCUT2D eigenvalue weighted by Crippen LogP contribution is 2.37. The van der Waals surface area contributed by atoms with Crippen molar-refractivity contribution in [3.63, 3.8) is 0 Å². The Morgan fingerprint density at radius 3 is 2.49 bits per heavy atom. The molecule has 186 valence electrons. The molecule has 0 aliphatic heterocycles. The fraction of sp³-hybridized carbons (Fsp3) is 0.138. The number of rotatable bonds is 6. The molecule has 0 bridgehead atoms. The van der Waals surface area contributed by atoms with Gasteiger partial charge in [0.05, 0.1) is 29.9 Å². The molecule has 5 aromatic rings. The molecule has 37 heavy (non-hydrogen) atoms. The fourth-order valence-corrected chi connectivity index (χ4v) is 4.88. The maximum absolute atomic E-state index is 12.9. The summed E-state index contributed by atoms with van der Waals surface area (Å²) in [5, 5.41) is 5.39. The summed E-state index contributed by atoms with van der Waals surface area (Å²) in [5.41, 5.74) is 12.0. The Kier molecular flexibility index (Phi) is 6.41. The lowest BCUT2D eigenvalue weighted by Crippen LogP contribution is -2.41. The van der Waals surface area contributed by atoms with Crippen LogP contribution in [0.25, 0.3) is 22.0 Å². The van der Waals surface area contributed by atoms with Gasteiger partial charge in [0.2, 0.25) is 0 Å². The monoisotopic (exact) mass is 511 g/mol. The molecule has 5 rings (SSSR count). The van der Waals surface area contributed by atoms with Crippen molar-refractivity contribution < 1.29 is 4.84 Å². The molecule has 0 saturated heterocycles. The second-order valence-corrected chi connectivity index (χ2v) is 9.37. The van der Waals surface area contributed by atoms with Crippen LogP contribution in [-0.4, -0.2) is 27.4 Å². The molecule has 0 radical (unpaired) electrons. The van der Waals surface area contributed by atoms with Crippen LogP contribution in [0.4, 0.5) is 0 Å². The van der Waals surface area contributed by atoms with Crippen molar-refractivity contribution in [2.75, 3.05) is 7.11 Å². The van der Waals surface area contributed by atoms with Gasteiger partial charge in [-0.15, -0.1) is 0 Å². The molecule has 2 heterocycles. The number of aryl methyl sites for hydroxylation is 2. The number of fused-ring (bicyclic) bond motifs is 1. The first kappa shape index (κ1) is 24.5. The van der Waals surface area contributed by atoms with Gasteiger partial charge in [-0.3, -0.25) is 4.79 Å². The Labute approximate surface area is 219 Å². The van der Waals surface area contributed by atoms with E-state index in [-0.39, 0.29) is 5.56 Å². The molecule has 0 aliphatic rings. The number of imidazole rings is 1. The van der Waals surface area contributed by atoms with E-state index in [1.807, 2.05) is 72.3 Å². The fourth-order valence-electron chi connectivity index (χ4n) is 4.76. The molecule has 2 aromatic heterocycles. The standard InChI is InChI=1S/C29H26ClN5O2/c1-34-18-32-17-27(34)29(31,21-7-10-23(30)11-8-21)22-9-12-26-25(14-22)24(15-28(36)35(26)2)20-6-4-5-19(13-20)16-33-37-3/h4-18H,31H2,1-3H3. The zero-order valence-corrected chi connectivity index (χ0v) is 21.5. The van der Waals surface area contributed by atoms with Gasteiger partial charge in [-0.1, -0.05) is 53.2 Å². The highest BCUT2D eigenvalue weighted by molar-refractivity contribution is 6.30. The quantitative estimate of drug-likeness (QED) is 0.261. The van der Waals surface area contributed by atoms with Crippen LogP contribution in [0.15, 0.2) is 95.3 Å². The van der Waals surface area contributed by atoms with Crippen molar-refractivity contribution in [1.29, 1.82) is 0 Å². The average molecular weight is 512 g/mol. The summed E-state index contributed by atoms with van der Waals surface area (Å²) in [6.07, 6.45) is 5.14. The molecular weight excluding hydrogens is 486 g/mol. The van der Waals surface area contributed by atoms with E-state index < -0.39 is 5.54 Å². The number of benzene rings is 3. The van der Waals surface area contributed by atoms with Gasteiger partial charge in [0.25, 0.3) is 5.56 Å². The zero-order chi connectivity index (χ0) is 26.2.